The number of ether oxygens (including phenoxy) is 3. The zero-order valence-corrected chi connectivity index (χ0v) is 5.27. The van der Waals surface area contributed by atoms with E-state index in [2.05, 4.69) is 0 Å². The molecule has 3 fully saturated rings. The summed E-state index contributed by atoms with van der Waals surface area (Å²) in [6.07, 6.45) is -1.02. The number of hydrogen-bond acceptors (Lipinski definition) is 4. The average Bonchev–Trinajstić information content (AvgIpc) is 2.43. The molecule has 4 heteroatoms. The molecule has 3 rings (SSSR count). The van der Waals surface area contributed by atoms with Crippen molar-refractivity contribution < 1.29 is 19.3 Å². The number of fused-ring (bicyclic) bond motifs is 1. The highest BCUT2D eigenvalue weighted by molar-refractivity contribution is 5.02. The molecule has 0 aromatic carbocycles. The largest absolute Gasteiger partial charge is 0.385 e. The van der Waals surface area contributed by atoms with Gasteiger partial charge in [-0.25, -0.2) is 0 Å². The summed E-state index contributed by atoms with van der Waals surface area (Å²) in [5, 5.41) is 9.33. The van der Waals surface area contributed by atoms with Crippen LogP contribution in [0.15, 0.2) is 0 Å². The monoisotopic (exact) mass is 144 g/mol. The molecule has 0 aliphatic carbocycles. The lowest BCUT2D eigenvalue weighted by Gasteiger charge is -2.17. The van der Waals surface area contributed by atoms with Gasteiger partial charge in [0.2, 0.25) is 0 Å². The Bertz CT molecular complexity index is 169. The fourth-order valence-corrected chi connectivity index (χ4v) is 1.86. The molecule has 1 unspecified atom stereocenters. The standard InChI is InChI=1S/C6H8O4/c7-3-5-4-2(1-8-5)9-6(3)10-4/h2-7H,1H2/t2-,3?,4-,5-,6-/m1/s1. The first-order chi connectivity index (χ1) is 4.86. The average molecular weight is 144 g/mol. The highest BCUT2D eigenvalue weighted by Crippen LogP contribution is 2.40. The number of hydrogen-bond donors (Lipinski definition) is 1. The van der Waals surface area contributed by atoms with Crippen molar-refractivity contribution in [3.8, 4) is 0 Å². The molecule has 3 aliphatic rings. The van der Waals surface area contributed by atoms with Gasteiger partial charge in [0.15, 0.2) is 6.29 Å². The lowest BCUT2D eigenvalue weighted by Crippen LogP contribution is -2.39. The summed E-state index contributed by atoms with van der Waals surface area (Å²) in [5.74, 6) is 0. The number of rotatable bonds is 0. The van der Waals surface area contributed by atoms with E-state index in [-0.39, 0.29) is 18.3 Å². The van der Waals surface area contributed by atoms with Crippen LogP contribution < -0.4 is 0 Å². The van der Waals surface area contributed by atoms with Crippen molar-refractivity contribution in [3.05, 3.63) is 0 Å². The van der Waals surface area contributed by atoms with Crippen molar-refractivity contribution in [2.24, 2.45) is 0 Å². The quantitative estimate of drug-likeness (QED) is 0.467. The van der Waals surface area contributed by atoms with Gasteiger partial charge in [-0.3, -0.25) is 0 Å². The lowest BCUT2D eigenvalue weighted by molar-refractivity contribution is -0.104. The molecule has 0 aromatic rings. The van der Waals surface area contributed by atoms with Crippen LogP contribution in [0, 0.1) is 0 Å². The Morgan fingerprint density at radius 3 is 2.80 bits per heavy atom. The first kappa shape index (κ1) is 5.49. The van der Waals surface area contributed by atoms with Crippen LogP contribution in [0.2, 0.25) is 0 Å². The van der Waals surface area contributed by atoms with Crippen LogP contribution in [-0.4, -0.2) is 42.4 Å². The number of aliphatic hydroxyl groups excluding tert-OH is 1. The molecule has 0 amide bonds. The highest BCUT2D eigenvalue weighted by Gasteiger charge is 2.59. The van der Waals surface area contributed by atoms with Crippen LogP contribution in [0.3, 0.4) is 0 Å². The predicted octanol–water partition coefficient (Wildman–Crippen LogP) is -1.13. The van der Waals surface area contributed by atoms with Crippen LogP contribution in [0.5, 0.6) is 0 Å². The van der Waals surface area contributed by atoms with Gasteiger partial charge >= 0.3 is 0 Å². The van der Waals surface area contributed by atoms with Gasteiger partial charge in [-0.05, 0) is 0 Å². The molecule has 3 saturated heterocycles. The Hall–Kier alpha value is -0.160. The normalized spacial score (nSPS) is 63.9. The molecular formula is C6H8O4. The molecule has 3 heterocycles. The van der Waals surface area contributed by atoms with E-state index in [0.29, 0.717) is 6.61 Å². The Morgan fingerprint density at radius 2 is 2.10 bits per heavy atom. The van der Waals surface area contributed by atoms with Crippen LogP contribution in [-0.2, 0) is 14.2 Å². The summed E-state index contributed by atoms with van der Waals surface area (Å²) in [4.78, 5) is 0. The summed E-state index contributed by atoms with van der Waals surface area (Å²) in [5.41, 5.74) is 0. The first-order valence-corrected chi connectivity index (χ1v) is 3.47. The zero-order chi connectivity index (χ0) is 6.72. The summed E-state index contributed by atoms with van der Waals surface area (Å²) in [6, 6.07) is 0. The molecule has 0 saturated carbocycles. The number of aliphatic hydroxyl groups is 1. The molecule has 56 valence electrons. The Kier molecular flexibility index (Phi) is 0.840. The summed E-state index contributed by atoms with van der Waals surface area (Å²) < 4.78 is 15.8. The maximum atomic E-state index is 9.33. The van der Waals surface area contributed by atoms with E-state index in [1.54, 1.807) is 0 Å². The third-order valence-electron chi connectivity index (χ3n) is 2.36. The third kappa shape index (κ3) is 0.441. The second kappa shape index (κ2) is 1.53. The molecular weight excluding hydrogens is 136 g/mol. The minimum absolute atomic E-state index is 0.000000000000000222. The van der Waals surface area contributed by atoms with Crippen molar-refractivity contribution in [3.63, 3.8) is 0 Å². The van der Waals surface area contributed by atoms with Crippen molar-refractivity contribution in [1.82, 2.24) is 0 Å². The molecule has 2 bridgehead atoms. The molecule has 0 aromatic heterocycles. The van der Waals surface area contributed by atoms with Crippen LogP contribution >= 0.6 is 0 Å². The first-order valence-electron chi connectivity index (χ1n) is 3.47. The summed E-state index contributed by atoms with van der Waals surface area (Å²) in [7, 11) is 0. The Balaban J connectivity index is 2.00. The fourth-order valence-electron chi connectivity index (χ4n) is 1.86. The van der Waals surface area contributed by atoms with E-state index >= 15 is 0 Å². The second-order valence-corrected chi connectivity index (χ2v) is 2.93. The molecule has 0 radical (unpaired) electrons. The molecule has 0 spiro atoms. The maximum absolute atomic E-state index is 9.33. The van der Waals surface area contributed by atoms with Gasteiger partial charge in [0.05, 0.1) is 6.61 Å². The predicted molar refractivity (Wildman–Crippen MR) is 29.3 cm³/mol. The van der Waals surface area contributed by atoms with Crippen molar-refractivity contribution >= 4 is 0 Å². The van der Waals surface area contributed by atoms with Gasteiger partial charge in [0, 0.05) is 0 Å². The Morgan fingerprint density at radius 1 is 1.20 bits per heavy atom. The van der Waals surface area contributed by atoms with Gasteiger partial charge in [0.25, 0.3) is 0 Å². The van der Waals surface area contributed by atoms with Gasteiger partial charge in [0.1, 0.15) is 24.4 Å². The fraction of sp³-hybridized carbons (Fsp3) is 1.00. The molecule has 4 nitrogen and oxygen atoms in total. The SMILES string of the molecule is OC1[C@H]2O[C@H]3[C@@H]1OC[C@H]3O2. The van der Waals surface area contributed by atoms with Gasteiger partial charge in [-0.15, -0.1) is 0 Å². The third-order valence-corrected chi connectivity index (χ3v) is 2.36. The Labute approximate surface area is 57.7 Å². The van der Waals surface area contributed by atoms with E-state index in [1.807, 2.05) is 0 Å². The summed E-state index contributed by atoms with van der Waals surface area (Å²) in [6.45, 7) is 0.572. The van der Waals surface area contributed by atoms with Gasteiger partial charge in [-0.1, -0.05) is 0 Å². The van der Waals surface area contributed by atoms with Crippen molar-refractivity contribution in [2.75, 3.05) is 6.61 Å². The van der Waals surface area contributed by atoms with E-state index in [9.17, 15) is 5.11 Å². The summed E-state index contributed by atoms with van der Waals surface area (Å²) >= 11 is 0. The highest BCUT2D eigenvalue weighted by atomic mass is 16.8. The van der Waals surface area contributed by atoms with E-state index in [0.717, 1.165) is 0 Å². The minimum Gasteiger partial charge on any atom is -0.385 e. The van der Waals surface area contributed by atoms with Crippen molar-refractivity contribution in [1.29, 1.82) is 0 Å². The van der Waals surface area contributed by atoms with Crippen LogP contribution in [0.25, 0.3) is 0 Å². The molecule has 5 atom stereocenters. The van der Waals surface area contributed by atoms with E-state index < -0.39 is 12.4 Å². The topological polar surface area (TPSA) is 47.9 Å². The molecule has 1 N–H and O–H groups in total. The second-order valence-electron chi connectivity index (χ2n) is 2.93. The van der Waals surface area contributed by atoms with Gasteiger partial charge in [-0.2, -0.15) is 0 Å². The van der Waals surface area contributed by atoms with E-state index in [1.165, 1.54) is 0 Å². The van der Waals surface area contributed by atoms with Crippen LogP contribution in [0.1, 0.15) is 0 Å². The molecule has 10 heavy (non-hydrogen) atoms. The van der Waals surface area contributed by atoms with Gasteiger partial charge < -0.3 is 19.3 Å². The molecule has 3 aliphatic heterocycles. The zero-order valence-electron chi connectivity index (χ0n) is 5.27. The van der Waals surface area contributed by atoms with E-state index in [4.69, 9.17) is 14.2 Å². The van der Waals surface area contributed by atoms with Crippen molar-refractivity contribution in [2.45, 2.75) is 30.7 Å². The smallest absolute Gasteiger partial charge is 0.187 e. The van der Waals surface area contributed by atoms with Crippen LogP contribution in [0.4, 0.5) is 0 Å². The minimum atomic E-state index is -0.566. The lowest BCUT2D eigenvalue weighted by atomic mass is 10.1. The maximum Gasteiger partial charge on any atom is 0.187 e.